The molecule has 108 valence electrons. The molecule has 1 aliphatic carbocycles. The van der Waals surface area contributed by atoms with E-state index in [1.54, 1.807) is 11.8 Å². The van der Waals surface area contributed by atoms with E-state index in [2.05, 4.69) is 10.5 Å². The lowest BCUT2D eigenvalue weighted by atomic mass is 9.85. The van der Waals surface area contributed by atoms with Crippen molar-refractivity contribution in [1.29, 1.82) is 0 Å². The van der Waals surface area contributed by atoms with Crippen molar-refractivity contribution in [3.8, 4) is 0 Å². The SMILES string of the molecule is CCN(C=O)C1CCC(CN=C2NOCCS2)CC1. The van der Waals surface area contributed by atoms with Gasteiger partial charge in [0.1, 0.15) is 0 Å². The number of hydroxylamine groups is 1. The Hall–Kier alpha value is -0.750. The Kier molecular flexibility index (Phi) is 5.97. The Morgan fingerprint density at radius 1 is 1.47 bits per heavy atom. The topological polar surface area (TPSA) is 53.9 Å². The first-order chi connectivity index (χ1) is 9.33. The molecule has 0 radical (unpaired) electrons. The lowest BCUT2D eigenvalue weighted by Crippen LogP contribution is -2.37. The summed E-state index contributed by atoms with van der Waals surface area (Å²) in [5.74, 6) is 1.63. The number of nitrogens with zero attached hydrogens (tertiary/aromatic N) is 2. The Bertz CT molecular complexity index is 309. The van der Waals surface area contributed by atoms with Crippen LogP contribution in [0, 0.1) is 5.92 Å². The molecular weight excluding hydrogens is 262 g/mol. The van der Waals surface area contributed by atoms with Gasteiger partial charge in [-0.3, -0.25) is 14.6 Å². The van der Waals surface area contributed by atoms with Gasteiger partial charge in [0, 0.05) is 24.9 Å². The van der Waals surface area contributed by atoms with Gasteiger partial charge in [0.15, 0.2) is 5.17 Å². The van der Waals surface area contributed by atoms with E-state index < -0.39 is 0 Å². The summed E-state index contributed by atoms with van der Waals surface area (Å²) < 4.78 is 0. The zero-order valence-electron chi connectivity index (χ0n) is 11.5. The Labute approximate surface area is 119 Å². The van der Waals surface area contributed by atoms with Crippen LogP contribution in [0.3, 0.4) is 0 Å². The van der Waals surface area contributed by atoms with Crippen molar-refractivity contribution in [3.05, 3.63) is 0 Å². The third-order valence-electron chi connectivity index (χ3n) is 3.86. The number of amidine groups is 1. The first kappa shape index (κ1) is 14.7. The average Bonchev–Trinajstić information content (AvgIpc) is 2.49. The molecule has 1 saturated heterocycles. The van der Waals surface area contributed by atoms with Crippen LogP contribution in [0.4, 0.5) is 0 Å². The molecule has 0 atom stereocenters. The molecule has 0 aromatic rings. The first-order valence-corrected chi connectivity index (χ1v) is 8.08. The summed E-state index contributed by atoms with van der Waals surface area (Å²) in [5, 5.41) is 0.913. The molecule has 0 aromatic heterocycles. The molecule has 2 aliphatic rings. The van der Waals surface area contributed by atoms with Crippen LogP contribution >= 0.6 is 11.8 Å². The van der Waals surface area contributed by atoms with Gasteiger partial charge in [0.05, 0.1) is 6.61 Å². The van der Waals surface area contributed by atoms with Gasteiger partial charge in [0.2, 0.25) is 6.41 Å². The van der Waals surface area contributed by atoms with Crippen molar-refractivity contribution in [3.63, 3.8) is 0 Å². The maximum absolute atomic E-state index is 10.9. The van der Waals surface area contributed by atoms with E-state index in [0.29, 0.717) is 12.0 Å². The van der Waals surface area contributed by atoms with E-state index in [0.717, 1.165) is 62.7 Å². The van der Waals surface area contributed by atoms with Crippen molar-refractivity contribution < 1.29 is 9.63 Å². The van der Waals surface area contributed by atoms with Gasteiger partial charge in [-0.2, -0.15) is 0 Å². The Morgan fingerprint density at radius 2 is 2.26 bits per heavy atom. The maximum Gasteiger partial charge on any atom is 0.209 e. The van der Waals surface area contributed by atoms with E-state index >= 15 is 0 Å². The second-order valence-electron chi connectivity index (χ2n) is 5.06. The first-order valence-electron chi connectivity index (χ1n) is 7.09. The van der Waals surface area contributed by atoms with Crippen molar-refractivity contribution >= 4 is 23.3 Å². The monoisotopic (exact) mass is 285 g/mol. The maximum atomic E-state index is 10.9. The number of nitrogens with one attached hydrogen (secondary N) is 1. The standard InChI is InChI=1S/C13H23N3O2S/c1-2-16(10-17)12-5-3-11(4-6-12)9-14-13-15-18-7-8-19-13/h10-12H,2-9H2,1H3,(H,14,15). The molecule has 0 aromatic carbocycles. The Balaban J connectivity index is 1.72. The number of aliphatic imine (C=N–C) groups is 1. The van der Waals surface area contributed by atoms with Gasteiger partial charge in [-0.15, -0.1) is 0 Å². The number of hydrogen-bond acceptors (Lipinski definition) is 4. The van der Waals surface area contributed by atoms with Crippen LogP contribution in [-0.2, 0) is 9.63 Å². The van der Waals surface area contributed by atoms with E-state index in [4.69, 9.17) is 4.84 Å². The van der Waals surface area contributed by atoms with Gasteiger partial charge in [-0.1, -0.05) is 11.8 Å². The number of carbonyl (C=O) groups excluding carboxylic acids is 1. The molecule has 0 bridgehead atoms. The molecule has 5 nitrogen and oxygen atoms in total. The number of carbonyl (C=O) groups is 1. The highest BCUT2D eigenvalue weighted by Crippen LogP contribution is 2.27. The lowest BCUT2D eigenvalue weighted by molar-refractivity contribution is -0.120. The molecule has 1 N–H and O–H groups in total. The number of rotatable bonds is 5. The fourth-order valence-corrected chi connectivity index (χ4v) is 3.33. The van der Waals surface area contributed by atoms with E-state index in [1.165, 1.54) is 0 Å². The molecule has 19 heavy (non-hydrogen) atoms. The summed E-state index contributed by atoms with van der Waals surface area (Å²) in [6.45, 7) is 4.48. The van der Waals surface area contributed by atoms with E-state index in [1.807, 2.05) is 11.8 Å². The molecule has 0 unspecified atom stereocenters. The van der Waals surface area contributed by atoms with Crippen molar-refractivity contribution in [1.82, 2.24) is 10.4 Å². The Morgan fingerprint density at radius 3 is 2.84 bits per heavy atom. The minimum atomic E-state index is 0.442. The van der Waals surface area contributed by atoms with Crippen molar-refractivity contribution in [2.75, 3.05) is 25.4 Å². The van der Waals surface area contributed by atoms with Gasteiger partial charge in [-0.25, -0.2) is 5.48 Å². The van der Waals surface area contributed by atoms with Gasteiger partial charge < -0.3 is 4.90 Å². The predicted molar refractivity (Wildman–Crippen MR) is 78.0 cm³/mol. The van der Waals surface area contributed by atoms with Crippen molar-refractivity contribution in [2.24, 2.45) is 10.9 Å². The van der Waals surface area contributed by atoms with Gasteiger partial charge in [-0.05, 0) is 38.5 Å². The zero-order valence-corrected chi connectivity index (χ0v) is 12.3. The number of hydrogen-bond donors (Lipinski definition) is 1. The molecule has 1 saturated carbocycles. The van der Waals surface area contributed by atoms with Crippen LogP contribution in [0.2, 0.25) is 0 Å². The largest absolute Gasteiger partial charge is 0.343 e. The number of amides is 1. The quantitative estimate of drug-likeness (QED) is 0.780. The fourth-order valence-electron chi connectivity index (χ4n) is 2.69. The highest BCUT2D eigenvalue weighted by molar-refractivity contribution is 8.13. The van der Waals surface area contributed by atoms with E-state index in [-0.39, 0.29) is 0 Å². The van der Waals surface area contributed by atoms with Crippen LogP contribution in [-0.4, -0.2) is 48.0 Å². The summed E-state index contributed by atoms with van der Waals surface area (Å²) in [6.07, 6.45) is 5.54. The smallest absolute Gasteiger partial charge is 0.209 e. The van der Waals surface area contributed by atoms with Crippen LogP contribution in [0.25, 0.3) is 0 Å². The molecule has 2 fully saturated rings. The average molecular weight is 285 g/mol. The molecule has 1 aliphatic heterocycles. The van der Waals surface area contributed by atoms with Crippen LogP contribution in [0.15, 0.2) is 4.99 Å². The summed E-state index contributed by atoms with van der Waals surface area (Å²) in [6, 6.07) is 0.442. The van der Waals surface area contributed by atoms with Crippen molar-refractivity contribution in [2.45, 2.75) is 38.6 Å². The second-order valence-corrected chi connectivity index (χ2v) is 6.14. The third kappa shape index (κ3) is 4.38. The lowest BCUT2D eigenvalue weighted by Gasteiger charge is -2.33. The minimum absolute atomic E-state index is 0.442. The predicted octanol–water partition coefficient (Wildman–Crippen LogP) is 1.65. The molecular formula is C13H23N3O2S. The highest BCUT2D eigenvalue weighted by Gasteiger charge is 2.24. The van der Waals surface area contributed by atoms with Crippen LogP contribution in [0.5, 0.6) is 0 Å². The van der Waals surface area contributed by atoms with Gasteiger partial charge >= 0.3 is 0 Å². The minimum Gasteiger partial charge on any atom is -0.343 e. The molecule has 0 spiro atoms. The molecule has 2 rings (SSSR count). The molecule has 1 amide bonds. The third-order valence-corrected chi connectivity index (χ3v) is 4.72. The van der Waals surface area contributed by atoms with Gasteiger partial charge in [0.25, 0.3) is 0 Å². The van der Waals surface area contributed by atoms with Crippen LogP contribution < -0.4 is 5.48 Å². The van der Waals surface area contributed by atoms with E-state index in [9.17, 15) is 4.79 Å². The molecule has 1 heterocycles. The number of thioether (sulfide) groups is 1. The van der Waals surface area contributed by atoms with Crippen LogP contribution in [0.1, 0.15) is 32.6 Å². The zero-order chi connectivity index (χ0) is 13.5. The second kappa shape index (κ2) is 7.75. The fraction of sp³-hybridized carbons (Fsp3) is 0.846. The summed E-state index contributed by atoms with van der Waals surface area (Å²) >= 11 is 1.72. The molecule has 6 heteroatoms. The summed E-state index contributed by atoms with van der Waals surface area (Å²) in [7, 11) is 0. The normalized spacial score (nSPS) is 29.8. The summed E-state index contributed by atoms with van der Waals surface area (Å²) in [5.41, 5.74) is 2.86. The summed E-state index contributed by atoms with van der Waals surface area (Å²) in [4.78, 5) is 22.6. The highest BCUT2D eigenvalue weighted by atomic mass is 32.2.